The quantitative estimate of drug-likeness (QED) is 0.545. The highest BCUT2D eigenvalue weighted by atomic mass is 32.2. The number of hydrogen-bond donors (Lipinski definition) is 0. The lowest BCUT2D eigenvalue weighted by molar-refractivity contribution is 0.0988. The van der Waals surface area contributed by atoms with Gasteiger partial charge >= 0.3 is 0 Å². The summed E-state index contributed by atoms with van der Waals surface area (Å²) in [4.78, 5) is 14.9. The number of sulfonamides is 1. The highest BCUT2D eigenvalue weighted by Crippen LogP contribution is 2.26. The summed E-state index contributed by atoms with van der Waals surface area (Å²) in [5.41, 5.74) is 2.58. The Morgan fingerprint density at radius 2 is 1.65 bits per heavy atom. The molecular weight excluding hydrogens is 412 g/mol. The van der Waals surface area contributed by atoms with Crippen LogP contribution in [0, 0.1) is 6.92 Å². The van der Waals surface area contributed by atoms with E-state index in [1.165, 1.54) is 23.5 Å². The average molecular weight is 439 g/mol. The molecule has 0 saturated carbocycles. The van der Waals surface area contributed by atoms with Crippen LogP contribution >= 0.6 is 0 Å². The second-order valence-corrected chi connectivity index (χ2v) is 9.00. The van der Waals surface area contributed by atoms with Gasteiger partial charge in [-0.3, -0.25) is 9.10 Å². The molecule has 0 N–H and O–H groups in total. The van der Waals surface area contributed by atoms with Crippen molar-refractivity contribution in [2.75, 3.05) is 29.9 Å². The molecular formula is C24H26N2O4S. The van der Waals surface area contributed by atoms with E-state index in [1.807, 2.05) is 38.1 Å². The van der Waals surface area contributed by atoms with Gasteiger partial charge in [0.05, 0.1) is 17.7 Å². The largest absolute Gasteiger partial charge is 0.497 e. The summed E-state index contributed by atoms with van der Waals surface area (Å²) >= 11 is 0. The lowest BCUT2D eigenvalue weighted by Crippen LogP contribution is -2.31. The third kappa shape index (κ3) is 4.56. The maximum atomic E-state index is 13.2. The lowest BCUT2D eigenvalue weighted by atomic mass is 10.1. The number of carbonyl (C=O) groups excluding carboxylic acids is 1. The Bertz CT molecular complexity index is 1170. The van der Waals surface area contributed by atoms with E-state index in [4.69, 9.17) is 4.74 Å². The van der Waals surface area contributed by atoms with Crippen molar-refractivity contribution in [3.05, 3.63) is 83.9 Å². The van der Waals surface area contributed by atoms with Gasteiger partial charge in [0, 0.05) is 24.8 Å². The Balaban J connectivity index is 1.94. The highest BCUT2D eigenvalue weighted by molar-refractivity contribution is 7.92. The van der Waals surface area contributed by atoms with Crippen LogP contribution in [0.15, 0.2) is 77.7 Å². The van der Waals surface area contributed by atoms with Gasteiger partial charge in [-0.05, 0) is 67.9 Å². The van der Waals surface area contributed by atoms with Crippen molar-refractivity contribution in [3.63, 3.8) is 0 Å². The van der Waals surface area contributed by atoms with E-state index < -0.39 is 10.0 Å². The molecule has 0 aliphatic heterocycles. The Labute approximate surface area is 183 Å². The fraction of sp³-hybridized carbons (Fsp3) is 0.208. The van der Waals surface area contributed by atoms with Gasteiger partial charge in [-0.2, -0.15) is 0 Å². The zero-order chi connectivity index (χ0) is 22.6. The van der Waals surface area contributed by atoms with Gasteiger partial charge in [0.15, 0.2) is 0 Å². The molecule has 0 aliphatic carbocycles. The fourth-order valence-electron chi connectivity index (χ4n) is 3.32. The number of amides is 1. The van der Waals surface area contributed by atoms with E-state index >= 15 is 0 Å². The number of aryl methyl sites for hydroxylation is 1. The summed E-state index contributed by atoms with van der Waals surface area (Å²) in [6.07, 6.45) is 0. The minimum Gasteiger partial charge on any atom is -0.497 e. The number of rotatable bonds is 7. The maximum absolute atomic E-state index is 13.2. The molecule has 0 heterocycles. The third-order valence-corrected chi connectivity index (χ3v) is 6.92. The molecule has 6 nitrogen and oxygen atoms in total. The first-order valence-electron chi connectivity index (χ1n) is 9.90. The van der Waals surface area contributed by atoms with Crippen LogP contribution in [0.25, 0.3) is 0 Å². The van der Waals surface area contributed by atoms with Crippen LogP contribution < -0.4 is 13.9 Å². The second-order valence-electron chi connectivity index (χ2n) is 7.03. The van der Waals surface area contributed by atoms with E-state index in [9.17, 15) is 13.2 Å². The first-order chi connectivity index (χ1) is 14.8. The monoisotopic (exact) mass is 438 g/mol. The molecule has 3 aromatic rings. The molecule has 0 saturated heterocycles. The molecule has 3 aromatic carbocycles. The van der Waals surface area contributed by atoms with E-state index in [1.54, 1.807) is 48.4 Å². The number of hydrogen-bond acceptors (Lipinski definition) is 4. The number of carbonyl (C=O) groups is 1. The first-order valence-corrected chi connectivity index (χ1v) is 11.3. The van der Waals surface area contributed by atoms with E-state index in [2.05, 4.69) is 0 Å². The highest BCUT2D eigenvalue weighted by Gasteiger charge is 2.24. The molecule has 0 aliphatic rings. The molecule has 31 heavy (non-hydrogen) atoms. The topological polar surface area (TPSA) is 66.9 Å². The Hall–Kier alpha value is -3.32. The molecule has 7 heteroatoms. The minimum atomic E-state index is -3.85. The molecule has 1 amide bonds. The average Bonchev–Trinajstić information content (AvgIpc) is 2.80. The number of para-hydroxylation sites is 1. The van der Waals surface area contributed by atoms with Crippen molar-refractivity contribution < 1.29 is 17.9 Å². The predicted molar refractivity (Wildman–Crippen MR) is 124 cm³/mol. The van der Waals surface area contributed by atoms with Crippen molar-refractivity contribution >= 4 is 27.3 Å². The van der Waals surface area contributed by atoms with Crippen LogP contribution in [0.2, 0.25) is 0 Å². The molecule has 162 valence electrons. The zero-order valence-corrected chi connectivity index (χ0v) is 18.9. The van der Waals surface area contributed by atoms with Crippen molar-refractivity contribution in [3.8, 4) is 5.75 Å². The molecule has 0 unspecified atom stereocenters. The van der Waals surface area contributed by atoms with Gasteiger partial charge in [-0.25, -0.2) is 8.42 Å². The van der Waals surface area contributed by atoms with Crippen LogP contribution in [-0.4, -0.2) is 35.0 Å². The summed E-state index contributed by atoms with van der Waals surface area (Å²) in [6.45, 7) is 4.30. The zero-order valence-electron chi connectivity index (χ0n) is 18.1. The fourth-order valence-corrected chi connectivity index (χ4v) is 4.57. The number of anilines is 2. The smallest absolute Gasteiger partial charge is 0.264 e. The van der Waals surface area contributed by atoms with Crippen molar-refractivity contribution in [2.45, 2.75) is 18.7 Å². The van der Waals surface area contributed by atoms with Gasteiger partial charge in [-0.1, -0.05) is 24.3 Å². The molecule has 0 aromatic heterocycles. The van der Waals surface area contributed by atoms with Crippen molar-refractivity contribution in [1.29, 1.82) is 0 Å². The van der Waals surface area contributed by atoms with Gasteiger partial charge in [0.1, 0.15) is 5.75 Å². The lowest BCUT2D eigenvalue weighted by Gasteiger charge is -2.24. The van der Waals surface area contributed by atoms with E-state index in [0.29, 0.717) is 23.5 Å². The normalized spacial score (nSPS) is 11.1. The van der Waals surface area contributed by atoms with Crippen LogP contribution in [0.4, 0.5) is 11.4 Å². The van der Waals surface area contributed by atoms with Gasteiger partial charge in [-0.15, -0.1) is 0 Å². The van der Waals surface area contributed by atoms with Crippen molar-refractivity contribution in [2.24, 2.45) is 0 Å². The summed E-state index contributed by atoms with van der Waals surface area (Å²) in [6, 6.07) is 20.5. The van der Waals surface area contributed by atoms with Crippen molar-refractivity contribution in [1.82, 2.24) is 0 Å². The molecule has 0 bridgehead atoms. The first kappa shape index (κ1) is 22.4. The number of nitrogens with zero attached hydrogens (tertiary/aromatic N) is 2. The summed E-state index contributed by atoms with van der Waals surface area (Å²) in [5.74, 6) is 0.388. The predicted octanol–water partition coefficient (Wildman–Crippen LogP) is 4.50. The minimum absolute atomic E-state index is 0.0532. The second kappa shape index (κ2) is 9.22. The number of benzene rings is 3. The van der Waals surface area contributed by atoms with Gasteiger partial charge in [0.2, 0.25) is 0 Å². The van der Waals surface area contributed by atoms with E-state index in [0.717, 1.165) is 11.3 Å². The Kier molecular flexibility index (Phi) is 6.65. The van der Waals surface area contributed by atoms with Crippen LogP contribution in [0.5, 0.6) is 5.75 Å². The SMILES string of the molecule is CCN(C(=O)c1cccc(S(=O)(=O)N(C)c2ccc(OC)cc2)c1)c1ccccc1C. The number of methoxy groups -OCH3 is 1. The Morgan fingerprint density at radius 3 is 2.26 bits per heavy atom. The van der Waals surface area contributed by atoms with Crippen LogP contribution in [0.1, 0.15) is 22.8 Å². The van der Waals surface area contributed by atoms with E-state index in [-0.39, 0.29) is 10.8 Å². The molecule has 0 spiro atoms. The van der Waals surface area contributed by atoms with Gasteiger partial charge < -0.3 is 9.64 Å². The summed E-state index contributed by atoms with van der Waals surface area (Å²) < 4.78 is 32.7. The molecule has 0 radical (unpaired) electrons. The molecule has 0 fully saturated rings. The maximum Gasteiger partial charge on any atom is 0.264 e. The standard InChI is InChI=1S/C24H26N2O4S/c1-5-26(23-12-7-6-9-18(23)2)24(27)19-10-8-11-22(17-19)31(28,29)25(3)20-13-15-21(30-4)16-14-20/h6-17H,5H2,1-4H3. The third-order valence-electron chi connectivity index (χ3n) is 5.14. The summed E-state index contributed by atoms with van der Waals surface area (Å²) in [5, 5.41) is 0. The Morgan fingerprint density at radius 1 is 0.968 bits per heavy atom. The molecule has 3 rings (SSSR count). The summed E-state index contributed by atoms with van der Waals surface area (Å²) in [7, 11) is -0.818. The van der Waals surface area contributed by atoms with Crippen LogP contribution in [-0.2, 0) is 10.0 Å². The van der Waals surface area contributed by atoms with Gasteiger partial charge in [0.25, 0.3) is 15.9 Å². The van der Waals surface area contributed by atoms with Crippen LogP contribution in [0.3, 0.4) is 0 Å². The number of ether oxygens (including phenoxy) is 1. The molecule has 0 atom stereocenters.